The van der Waals surface area contributed by atoms with E-state index in [4.69, 9.17) is 5.73 Å². The highest BCUT2D eigenvalue weighted by Crippen LogP contribution is 2.18. The highest BCUT2D eigenvalue weighted by molar-refractivity contribution is 5.49. The third kappa shape index (κ3) is 1.86. The highest BCUT2D eigenvalue weighted by atomic mass is 15.5. The molecular formula is C9H14N8. The van der Waals surface area contributed by atoms with E-state index < -0.39 is 0 Å². The van der Waals surface area contributed by atoms with Crippen LogP contribution in [-0.4, -0.2) is 49.3 Å². The topological polar surface area (TPSA) is 102 Å². The Kier molecular flexibility index (Phi) is 2.29. The summed E-state index contributed by atoms with van der Waals surface area (Å²) in [4.78, 5) is 7.96. The lowest BCUT2D eigenvalue weighted by Crippen LogP contribution is -2.26. The predicted octanol–water partition coefficient (Wildman–Crippen LogP) is -0.862. The molecular weight excluding hydrogens is 220 g/mol. The van der Waals surface area contributed by atoms with Gasteiger partial charge in [0.05, 0.1) is 6.20 Å². The van der Waals surface area contributed by atoms with Crippen LogP contribution >= 0.6 is 0 Å². The number of anilines is 1. The molecule has 3 N–H and O–H groups in total. The van der Waals surface area contributed by atoms with Crippen molar-refractivity contribution in [3.8, 4) is 11.5 Å². The van der Waals surface area contributed by atoms with Gasteiger partial charge in [-0.2, -0.15) is 20.0 Å². The molecule has 0 aromatic carbocycles. The van der Waals surface area contributed by atoms with Crippen LogP contribution < -0.4 is 10.6 Å². The van der Waals surface area contributed by atoms with Gasteiger partial charge in [0.2, 0.25) is 5.95 Å². The van der Waals surface area contributed by atoms with Gasteiger partial charge in [0.1, 0.15) is 5.69 Å². The van der Waals surface area contributed by atoms with Crippen LogP contribution in [0.15, 0.2) is 6.20 Å². The summed E-state index contributed by atoms with van der Waals surface area (Å²) in [6.07, 6.45) is 2.63. The molecule has 3 heterocycles. The molecule has 17 heavy (non-hydrogen) atoms. The number of aromatic nitrogens is 6. The number of nitrogens with one attached hydrogen (secondary N) is 1. The molecule has 0 bridgehead atoms. The zero-order valence-electron chi connectivity index (χ0n) is 9.54. The van der Waals surface area contributed by atoms with Gasteiger partial charge >= 0.3 is 0 Å². The molecule has 0 saturated carbocycles. The van der Waals surface area contributed by atoms with E-state index >= 15 is 0 Å². The molecule has 1 aliphatic rings. The van der Waals surface area contributed by atoms with E-state index in [1.807, 2.05) is 0 Å². The summed E-state index contributed by atoms with van der Waals surface area (Å²) in [5.41, 5.74) is 6.54. The molecule has 1 fully saturated rings. The van der Waals surface area contributed by atoms with Gasteiger partial charge < -0.3 is 10.6 Å². The van der Waals surface area contributed by atoms with Gasteiger partial charge in [-0.05, 0) is 6.42 Å². The first kappa shape index (κ1) is 10.2. The molecule has 1 saturated heterocycles. The molecule has 1 unspecified atom stereocenters. The quantitative estimate of drug-likeness (QED) is 0.701. The van der Waals surface area contributed by atoms with Crippen molar-refractivity contribution in [2.45, 2.75) is 12.5 Å². The Balaban J connectivity index is 1.83. The Morgan fingerprint density at radius 3 is 3.06 bits per heavy atom. The average molecular weight is 234 g/mol. The first-order valence-corrected chi connectivity index (χ1v) is 5.52. The maximum atomic E-state index is 5.85. The van der Waals surface area contributed by atoms with Gasteiger partial charge in [-0.1, -0.05) is 0 Å². The number of aryl methyl sites for hydroxylation is 1. The van der Waals surface area contributed by atoms with Gasteiger partial charge in [-0.25, -0.2) is 0 Å². The molecule has 1 atom stereocenters. The monoisotopic (exact) mass is 234 g/mol. The standard InChI is InChI=1S/C9H14N8/c1-16-11-4-7(15-16)8-12-9(14-13-8)17-3-2-6(10)5-17/h4,6H,2-3,5,10H2,1H3,(H,12,13,14). The fraction of sp³-hybridized carbons (Fsp3) is 0.556. The Morgan fingerprint density at radius 2 is 2.41 bits per heavy atom. The predicted molar refractivity (Wildman–Crippen MR) is 61.2 cm³/mol. The first-order valence-electron chi connectivity index (χ1n) is 5.52. The molecule has 1 aliphatic heterocycles. The normalized spacial score (nSPS) is 20.1. The maximum Gasteiger partial charge on any atom is 0.245 e. The summed E-state index contributed by atoms with van der Waals surface area (Å²) in [6, 6.07) is 0.216. The average Bonchev–Trinajstić information content (AvgIpc) is 2.96. The van der Waals surface area contributed by atoms with Crippen LogP contribution in [-0.2, 0) is 7.05 Å². The van der Waals surface area contributed by atoms with E-state index in [0.29, 0.717) is 17.5 Å². The van der Waals surface area contributed by atoms with Crippen molar-refractivity contribution >= 4 is 5.95 Å². The zero-order chi connectivity index (χ0) is 11.8. The fourth-order valence-electron chi connectivity index (χ4n) is 1.93. The van der Waals surface area contributed by atoms with Crippen molar-refractivity contribution in [2.24, 2.45) is 12.8 Å². The molecule has 2 aromatic heterocycles. The third-order valence-corrected chi connectivity index (χ3v) is 2.82. The van der Waals surface area contributed by atoms with Crippen molar-refractivity contribution in [1.29, 1.82) is 0 Å². The Bertz CT molecular complexity index is 515. The molecule has 90 valence electrons. The van der Waals surface area contributed by atoms with E-state index in [1.54, 1.807) is 13.2 Å². The number of nitrogens with two attached hydrogens (primary N) is 1. The Hall–Kier alpha value is -1.96. The fourth-order valence-corrected chi connectivity index (χ4v) is 1.93. The largest absolute Gasteiger partial charge is 0.338 e. The number of hydrogen-bond donors (Lipinski definition) is 2. The van der Waals surface area contributed by atoms with Gasteiger partial charge in [0, 0.05) is 26.2 Å². The van der Waals surface area contributed by atoms with Gasteiger partial charge in [-0.3, -0.25) is 5.10 Å². The minimum absolute atomic E-state index is 0.216. The zero-order valence-corrected chi connectivity index (χ0v) is 9.54. The molecule has 0 amide bonds. The Morgan fingerprint density at radius 1 is 1.53 bits per heavy atom. The highest BCUT2D eigenvalue weighted by Gasteiger charge is 2.22. The number of H-pyrrole nitrogens is 1. The van der Waals surface area contributed by atoms with Crippen LogP contribution in [0.1, 0.15) is 6.42 Å². The van der Waals surface area contributed by atoms with Crippen LogP contribution in [0.2, 0.25) is 0 Å². The number of rotatable bonds is 2. The number of hydrogen-bond acceptors (Lipinski definition) is 6. The van der Waals surface area contributed by atoms with Gasteiger partial charge in [0.15, 0.2) is 5.82 Å². The molecule has 2 aromatic rings. The maximum absolute atomic E-state index is 5.85. The van der Waals surface area contributed by atoms with Crippen molar-refractivity contribution in [1.82, 2.24) is 30.2 Å². The van der Waals surface area contributed by atoms with Crippen LogP contribution in [0.4, 0.5) is 5.95 Å². The second-order valence-electron chi connectivity index (χ2n) is 4.20. The van der Waals surface area contributed by atoms with Crippen molar-refractivity contribution in [3.63, 3.8) is 0 Å². The summed E-state index contributed by atoms with van der Waals surface area (Å²) in [5, 5.41) is 15.2. The van der Waals surface area contributed by atoms with Crippen LogP contribution in [0.5, 0.6) is 0 Å². The summed E-state index contributed by atoms with van der Waals surface area (Å²) < 4.78 is 0. The van der Waals surface area contributed by atoms with E-state index in [0.717, 1.165) is 19.5 Å². The smallest absolute Gasteiger partial charge is 0.245 e. The summed E-state index contributed by atoms with van der Waals surface area (Å²) in [6.45, 7) is 1.71. The molecule has 8 nitrogen and oxygen atoms in total. The van der Waals surface area contributed by atoms with E-state index in [2.05, 4.69) is 30.3 Å². The lowest BCUT2D eigenvalue weighted by Gasteiger charge is -2.11. The van der Waals surface area contributed by atoms with E-state index in [-0.39, 0.29) is 6.04 Å². The van der Waals surface area contributed by atoms with Crippen LogP contribution in [0, 0.1) is 0 Å². The SMILES string of the molecule is Cn1ncc(-c2nc(N3CCC(N)C3)n[nH]2)n1. The van der Waals surface area contributed by atoms with Crippen LogP contribution in [0.3, 0.4) is 0 Å². The first-order chi connectivity index (χ1) is 8.22. The minimum Gasteiger partial charge on any atom is -0.338 e. The summed E-state index contributed by atoms with van der Waals surface area (Å²) in [5.74, 6) is 1.31. The second kappa shape index (κ2) is 3.81. The Labute approximate surface area is 97.8 Å². The summed E-state index contributed by atoms with van der Waals surface area (Å²) in [7, 11) is 1.76. The second-order valence-corrected chi connectivity index (χ2v) is 4.20. The van der Waals surface area contributed by atoms with Gasteiger partial charge in [0.25, 0.3) is 0 Å². The van der Waals surface area contributed by atoms with Crippen LogP contribution in [0.25, 0.3) is 11.5 Å². The van der Waals surface area contributed by atoms with Crippen molar-refractivity contribution in [2.75, 3.05) is 18.0 Å². The molecule has 8 heteroatoms. The number of aromatic amines is 1. The molecule has 0 radical (unpaired) electrons. The number of nitrogens with zero attached hydrogens (tertiary/aromatic N) is 6. The van der Waals surface area contributed by atoms with E-state index in [1.165, 1.54) is 4.80 Å². The van der Waals surface area contributed by atoms with E-state index in [9.17, 15) is 0 Å². The molecule has 0 aliphatic carbocycles. The van der Waals surface area contributed by atoms with Gasteiger partial charge in [-0.15, -0.1) is 5.10 Å². The summed E-state index contributed by atoms with van der Waals surface area (Å²) >= 11 is 0. The molecule has 0 spiro atoms. The van der Waals surface area contributed by atoms with Crippen molar-refractivity contribution < 1.29 is 0 Å². The molecule has 3 rings (SSSR count). The lowest BCUT2D eigenvalue weighted by molar-refractivity contribution is 0.655. The third-order valence-electron chi connectivity index (χ3n) is 2.82. The minimum atomic E-state index is 0.216. The lowest BCUT2D eigenvalue weighted by atomic mass is 10.3. The van der Waals surface area contributed by atoms with Crippen molar-refractivity contribution in [3.05, 3.63) is 6.20 Å².